The van der Waals surface area contributed by atoms with E-state index in [1.54, 1.807) is 30.3 Å². The molecule has 33 heavy (non-hydrogen) atoms. The highest BCUT2D eigenvalue weighted by Gasteiger charge is 2.15. The molecule has 0 unspecified atom stereocenters. The second-order valence-electron chi connectivity index (χ2n) is 7.30. The fourth-order valence-electron chi connectivity index (χ4n) is 3.04. The van der Waals surface area contributed by atoms with Crippen molar-refractivity contribution in [3.63, 3.8) is 0 Å². The number of hydrogen-bond donors (Lipinski definition) is 2. The number of benzene rings is 3. The van der Waals surface area contributed by atoms with Crippen LogP contribution < -0.4 is 15.5 Å². The molecule has 170 valence electrons. The molecule has 0 aromatic heterocycles. The molecular formula is C26H26FN3O3. The normalized spacial score (nSPS) is 10.7. The number of carbonyl (C=O) groups is 2. The zero-order chi connectivity index (χ0) is 23.5. The topological polar surface area (TPSA) is 79.8 Å². The third kappa shape index (κ3) is 7.00. The molecule has 0 saturated carbocycles. The Kier molecular flexibility index (Phi) is 8.71. The first-order valence-electron chi connectivity index (χ1n) is 10.8. The van der Waals surface area contributed by atoms with Crippen LogP contribution in [0.2, 0.25) is 0 Å². The van der Waals surface area contributed by atoms with E-state index in [4.69, 9.17) is 4.74 Å². The summed E-state index contributed by atoms with van der Waals surface area (Å²) in [5.74, 6) is -1.01. The van der Waals surface area contributed by atoms with Gasteiger partial charge in [0.1, 0.15) is 11.6 Å². The number of nitrogens with zero attached hydrogens (tertiary/aromatic N) is 1. The third-order valence-corrected chi connectivity index (χ3v) is 4.81. The van der Waals surface area contributed by atoms with Gasteiger partial charge in [0.25, 0.3) is 11.8 Å². The van der Waals surface area contributed by atoms with Crippen molar-refractivity contribution in [1.82, 2.24) is 5.43 Å². The molecule has 3 aromatic rings. The molecule has 3 aromatic carbocycles. The molecule has 7 heteroatoms. The minimum Gasteiger partial charge on any atom is -0.494 e. The van der Waals surface area contributed by atoms with Crippen molar-refractivity contribution in [3.05, 3.63) is 95.3 Å². The van der Waals surface area contributed by atoms with Crippen LogP contribution in [-0.4, -0.2) is 24.6 Å². The molecule has 0 fully saturated rings. The number of hydrogen-bond acceptors (Lipinski definition) is 4. The Morgan fingerprint density at radius 1 is 0.909 bits per heavy atom. The summed E-state index contributed by atoms with van der Waals surface area (Å²) in [4.78, 5) is 25.0. The number of hydrazone groups is 1. The second kappa shape index (κ2) is 12.1. The molecule has 0 bridgehead atoms. The summed E-state index contributed by atoms with van der Waals surface area (Å²) in [6.45, 7) is 2.83. The van der Waals surface area contributed by atoms with Crippen LogP contribution in [0.1, 0.15) is 52.5 Å². The highest BCUT2D eigenvalue weighted by atomic mass is 19.1. The van der Waals surface area contributed by atoms with E-state index in [1.165, 1.54) is 24.4 Å². The van der Waals surface area contributed by atoms with Crippen LogP contribution in [0.15, 0.2) is 77.9 Å². The van der Waals surface area contributed by atoms with Crippen LogP contribution in [0.3, 0.4) is 0 Å². The molecule has 0 heterocycles. The van der Waals surface area contributed by atoms with Gasteiger partial charge >= 0.3 is 0 Å². The van der Waals surface area contributed by atoms with Crippen LogP contribution in [0.4, 0.5) is 10.1 Å². The molecule has 0 aliphatic rings. The van der Waals surface area contributed by atoms with E-state index in [9.17, 15) is 14.0 Å². The van der Waals surface area contributed by atoms with Crippen LogP contribution in [0, 0.1) is 5.82 Å². The largest absolute Gasteiger partial charge is 0.494 e. The maximum absolute atomic E-state index is 13.9. The molecule has 2 amide bonds. The summed E-state index contributed by atoms with van der Waals surface area (Å²) in [6.07, 6.45) is 4.82. The summed E-state index contributed by atoms with van der Waals surface area (Å²) in [5, 5.41) is 6.57. The van der Waals surface area contributed by atoms with Crippen molar-refractivity contribution in [1.29, 1.82) is 0 Å². The van der Waals surface area contributed by atoms with Gasteiger partial charge in [0, 0.05) is 0 Å². The smallest absolute Gasteiger partial charge is 0.273 e. The van der Waals surface area contributed by atoms with Crippen molar-refractivity contribution < 1.29 is 18.7 Å². The molecule has 0 atom stereocenters. The molecule has 0 spiro atoms. The van der Waals surface area contributed by atoms with E-state index < -0.39 is 17.6 Å². The van der Waals surface area contributed by atoms with Crippen LogP contribution in [0.25, 0.3) is 0 Å². The van der Waals surface area contributed by atoms with Gasteiger partial charge in [-0.2, -0.15) is 5.10 Å². The first-order valence-corrected chi connectivity index (χ1v) is 10.8. The van der Waals surface area contributed by atoms with Crippen molar-refractivity contribution in [2.24, 2.45) is 5.10 Å². The van der Waals surface area contributed by atoms with E-state index >= 15 is 0 Å². The predicted molar refractivity (Wildman–Crippen MR) is 127 cm³/mol. The summed E-state index contributed by atoms with van der Waals surface area (Å²) in [6, 6.07) is 19.5. The van der Waals surface area contributed by atoms with Gasteiger partial charge in [0.2, 0.25) is 0 Å². The van der Waals surface area contributed by atoms with E-state index in [0.717, 1.165) is 30.6 Å². The summed E-state index contributed by atoms with van der Waals surface area (Å²) in [5.41, 5.74) is 3.59. The molecular weight excluding hydrogens is 421 g/mol. The minimum atomic E-state index is -0.645. The van der Waals surface area contributed by atoms with Gasteiger partial charge in [0.05, 0.1) is 29.6 Å². The van der Waals surface area contributed by atoms with Crippen LogP contribution in [0.5, 0.6) is 5.75 Å². The molecule has 0 radical (unpaired) electrons. The fourth-order valence-corrected chi connectivity index (χ4v) is 3.04. The van der Waals surface area contributed by atoms with Gasteiger partial charge in [-0.1, -0.05) is 44.0 Å². The fraction of sp³-hybridized carbons (Fsp3) is 0.192. The predicted octanol–water partition coefficient (Wildman–Crippen LogP) is 5.41. The van der Waals surface area contributed by atoms with Crippen LogP contribution in [-0.2, 0) is 0 Å². The van der Waals surface area contributed by atoms with Crippen molar-refractivity contribution in [2.75, 3.05) is 11.9 Å². The molecule has 0 saturated heterocycles. The number of anilines is 1. The molecule has 0 aliphatic carbocycles. The number of carbonyl (C=O) groups excluding carboxylic acids is 2. The molecule has 0 aliphatic heterocycles. The van der Waals surface area contributed by atoms with Gasteiger partial charge in [-0.15, -0.1) is 0 Å². The lowest BCUT2D eigenvalue weighted by molar-refractivity contribution is 0.0956. The van der Waals surface area contributed by atoms with Gasteiger partial charge < -0.3 is 10.1 Å². The molecule has 3 rings (SSSR count). The Hall–Kier alpha value is -4.00. The van der Waals surface area contributed by atoms with E-state index in [0.29, 0.717) is 6.61 Å². The van der Waals surface area contributed by atoms with E-state index in [-0.39, 0.29) is 16.8 Å². The van der Waals surface area contributed by atoms with Crippen molar-refractivity contribution >= 4 is 23.7 Å². The number of para-hydroxylation sites is 1. The van der Waals surface area contributed by atoms with Gasteiger partial charge in [-0.05, 0) is 60.5 Å². The maximum atomic E-state index is 13.9. The third-order valence-electron chi connectivity index (χ3n) is 4.81. The van der Waals surface area contributed by atoms with Gasteiger partial charge in [-0.25, -0.2) is 9.82 Å². The average Bonchev–Trinajstić information content (AvgIpc) is 2.83. The number of ether oxygens (including phenoxy) is 1. The minimum absolute atomic E-state index is 0.108. The Morgan fingerprint density at radius 3 is 2.33 bits per heavy atom. The Balaban J connectivity index is 1.59. The van der Waals surface area contributed by atoms with Gasteiger partial charge in [-0.3, -0.25) is 9.59 Å². The highest BCUT2D eigenvalue weighted by molar-refractivity contribution is 6.09. The average molecular weight is 448 g/mol. The number of unbranched alkanes of at least 4 members (excludes halogenated alkanes) is 2. The Morgan fingerprint density at radius 2 is 1.61 bits per heavy atom. The first kappa shape index (κ1) is 23.7. The second-order valence-corrected chi connectivity index (χ2v) is 7.30. The lowest BCUT2D eigenvalue weighted by Gasteiger charge is -2.10. The molecule has 2 N–H and O–H groups in total. The summed E-state index contributed by atoms with van der Waals surface area (Å²) >= 11 is 0. The zero-order valence-electron chi connectivity index (χ0n) is 18.4. The quantitative estimate of drug-likeness (QED) is 0.248. The lowest BCUT2D eigenvalue weighted by Crippen LogP contribution is -2.21. The van der Waals surface area contributed by atoms with E-state index in [2.05, 4.69) is 22.8 Å². The SMILES string of the molecule is CCCCCOc1ccc(C=NNC(=O)c2ccccc2NC(=O)c2ccccc2F)cc1. The van der Waals surface area contributed by atoms with E-state index in [1.807, 2.05) is 24.3 Å². The summed E-state index contributed by atoms with van der Waals surface area (Å²) in [7, 11) is 0. The van der Waals surface area contributed by atoms with Crippen molar-refractivity contribution in [2.45, 2.75) is 26.2 Å². The molecule has 6 nitrogen and oxygen atoms in total. The maximum Gasteiger partial charge on any atom is 0.273 e. The lowest BCUT2D eigenvalue weighted by atomic mass is 10.1. The highest BCUT2D eigenvalue weighted by Crippen LogP contribution is 2.17. The standard InChI is InChI=1S/C26H26FN3O3/c1-2-3-8-17-33-20-15-13-19(14-16-20)18-28-30-26(32)22-10-5-7-12-24(22)29-25(31)21-9-4-6-11-23(21)27/h4-7,9-16,18H,2-3,8,17H2,1H3,(H,29,31)(H,30,32). The number of halogens is 1. The Bertz CT molecular complexity index is 1110. The number of amides is 2. The number of nitrogens with one attached hydrogen (secondary N) is 2. The first-order chi connectivity index (χ1) is 16.1. The van der Waals surface area contributed by atoms with Crippen LogP contribution >= 0.6 is 0 Å². The zero-order valence-corrected chi connectivity index (χ0v) is 18.4. The Labute approximate surface area is 192 Å². The monoisotopic (exact) mass is 447 g/mol. The van der Waals surface area contributed by atoms with Crippen molar-refractivity contribution in [3.8, 4) is 5.75 Å². The van der Waals surface area contributed by atoms with Gasteiger partial charge in [0.15, 0.2) is 0 Å². The number of rotatable bonds is 10. The summed E-state index contributed by atoms with van der Waals surface area (Å²) < 4.78 is 19.6.